The SMILES string of the molecule is C.CN.O=C(c1ccncc1)C(Br)c1ccccc1.S=C=S. The molecule has 0 spiro atoms. The number of nitrogens with two attached hydrogens (primary N) is 1. The van der Waals surface area contributed by atoms with Crippen molar-refractivity contribution in [3.05, 3.63) is 66.0 Å². The van der Waals surface area contributed by atoms with Crippen molar-refractivity contribution in [3.63, 3.8) is 0 Å². The van der Waals surface area contributed by atoms with E-state index in [1.54, 1.807) is 24.5 Å². The number of Topliss-reactive ketones (excluding diaryl/α,β-unsaturated/α-hetero) is 1. The molecule has 22 heavy (non-hydrogen) atoms. The summed E-state index contributed by atoms with van der Waals surface area (Å²) in [5.74, 6) is 0.0496. The summed E-state index contributed by atoms with van der Waals surface area (Å²) in [7, 11) is 1.50. The smallest absolute Gasteiger partial charge is 0.181 e. The molecule has 0 radical (unpaired) electrons. The van der Waals surface area contributed by atoms with E-state index in [1.165, 1.54) is 7.05 Å². The lowest BCUT2D eigenvalue weighted by Crippen LogP contribution is -2.06. The van der Waals surface area contributed by atoms with Crippen LogP contribution in [0.2, 0.25) is 0 Å². The second-order valence-electron chi connectivity index (χ2n) is 3.46. The van der Waals surface area contributed by atoms with Crippen molar-refractivity contribution in [3.8, 4) is 0 Å². The number of rotatable bonds is 3. The van der Waals surface area contributed by atoms with Crippen LogP contribution in [0.5, 0.6) is 0 Å². The predicted molar refractivity (Wildman–Crippen MR) is 104 cm³/mol. The Hall–Kier alpha value is -1.30. The fourth-order valence-electron chi connectivity index (χ4n) is 1.44. The molecule has 1 aromatic heterocycles. The molecular weight excluding hydrogens is 380 g/mol. The van der Waals surface area contributed by atoms with Crippen molar-refractivity contribution in [1.29, 1.82) is 0 Å². The average molecular weight is 399 g/mol. The minimum absolute atomic E-state index is 0. The molecule has 1 aromatic carbocycles. The van der Waals surface area contributed by atoms with Gasteiger partial charge in [-0.05, 0) is 49.2 Å². The highest BCUT2D eigenvalue weighted by Crippen LogP contribution is 2.26. The molecule has 118 valence electrons. The van der Waals surface area contributed by atoms with Crippen LogP contribution in [0, 0.1) is 0 Å². The lowest BCUT2D eigenvalue weighted by molar-refractivity contribution is 0.0991. The second-order valence-corrected chi connectivity index (χ2v) is 5.04. The van der Waals surface area contributed by atoms with Gasteiger partial charge in [-0.15, -0.1) is 0 Å². The molecule has 0 bridgehead atoms. The fourth-order valence-corrected chi connectivity index (χ4v) is 2.01. The van der Waals surface area contributed by atoms with Gasteiger partial charge in [0.25, 0.3) is 0 Å². The van der Waals surface area contributed by atoms with E-state index in [0.717, 1.165) is 5.56 Å². The predicted octanol–water partition coefficient (Wildman–Crippen LogP) is 4.63. The van der Waals surface area contributed by atoms with Gasteiger partial charge in [0.1, 0.15) is 4.83 Å². The number of carbonyl (C=O) groups is 1. The molecule has 1 atom stereocenters. The van der Waals surface area contributed by atoms with E-state index < -0.39 is 0 Å². The maximum atomic E-state index is 12.1. The highest BCUT2D eigenvalue weighted by atomic mass is 79.9. The molecule has 0 aliphatic carbocycles. The van der Waals surface area contributed by atoms with Crippen molar-refractivity contribution >= 4 is 50.5 Å². The molecule has 1 heterocycles. The van der Waals surface area contributed by atoms with Crippen molar-refractivity contribution in [2.24, 2.45) is 5.73 Å². The van der Waals surface area contributed by atoms with E-state index in [4.69, 9.17) is 0 Å². The minimum Gasteiger partial charge on any atom is -0.333 e. The zero-order valence-electron chi connectivity index (χ0n) is 11.4. The van der Waals surface area contributed by atoms with Gasteiger partial charge in [-0.3, -0.25) is 9.78 Å². The number of carbonyl (C=O) groups excluding carboxylic acids is 1. The summed E-state index contributed by atoms with van der Waals surface area (Å²) in [5, 5.41) is 0. The molecule has 0 aliphatic heterocycles. The quantitative estimate of drug-likeness (QED) is 0.463. The zero-order chi connectivity index (χ0) is 16.1. The number of pyridine rings is 1. The summed E-state index contributed by atoms with van der Waals surface area (Å²) in [4.78, 5) is 15.7. The molecule has 0 fully saturated rings. The summed E-state index contributed by atoms with van der Waals surface area (Å²) in [6, 6.07) is 13.1. The lowest BCUT2D eigenvalue weighted by Gasteiger charge is -2.08. The third-order valence-electron chi connectivity index (χ3n) is 2.29. The van der Waals surface area contributed by atoms with Crippen LogP contribution in [0.15, 0.2) is 54.9 Å². The van der Waals surface area contributed by atoms with Gasteiger partial charge in [0.05, 0.1) is 0 Å². The summed E-state index contributed by atoms with van der Waals surface area (Å²) in [6.45, 7) is 0. The summed E-state index contributed by atoms with van der Waals surface area (Å²) < 4.78 is 1.92. The number of alkyl halides is 1. The van der Waals surface area contributed by atoms with Gasteiger partial charge in [0.15, 0.2) is 5.78 Å². The average Bonchev–Trinajstić information content (AvgIpc) is 2.58. The first kappa shape index (κ1) is 23.0. The molecule has 2 aromatic rings. The normalized spacial score (nSPS) is 9.41. The molecule has 6 heteroatoms. The Balaban J connectivity index is 0. The number of halogens is 1. The first-order valence-corrected chi connectivity index (χ1v) is 7.64. The Labute approximate surface area is 151 Å². The van der Waals surface area contributed by atoms with Crippen molar-refractivity contribution in [2.75, 3.05) is 7.05 Å². The van der Waals surface area contributed by atoms with Crippen molar-refractivity contribution < 1.29 is 4.79 Å². The van der Waals surface area contributed by atoms with Crippen molar-refractivity contribution in [1.82, 2.24) is 4.98 Å². The maximum absolute atomic E-state index is 12.1. The van der Waals surface area contributed by atoms with Gasteiger partial charge < -0.3 is 5.73 Å². The fraction of sp³-hybridized carbons (Fsp3) is 0.188. The summed E-state index contributed by atoms with van der Waals surface area (Å²) >= 11 is 11.3. The topological polar surface area (TPSA) is 56.0 Å². The van der Waals surface area contributed by atoms with Crippen LogP contribution in [0.25, 0.3) is 0 Å². The summed E-state index contributed by atoms with van der Waals surface area (Å²) in [5.41, 5.74) is 6.13. The van der Waals surface area contributed by atoms with Gasteiger partial charge >= 0.3 is 0 Å². The molecule has 0 saturated carbocycles. The van der Waals surface area contributed by atoms with Gasteiger partial charge in [-0.1, -0.05) is 53.7 Å². The van der Waals surface area contributed by atoms with E-state index in [0.29, 0.717) is 5.56 Å². The zero-order valence-corrected chi connectivity index (χ0v) is 14.6. The number of ketones is 1. The molecule has 3 nitrogen and oxygen atoms in total. The van der Waals surface area contributed by atoms with Gasteiger partial charge in [0, 0.05) is 22.3 Å². The van der Waals surface area contributed by atoms with Crippen LogP contribution in [-0.2, 0) is 0 Å². The van der Waals surface area contributed by atoms with Crippen LogP contribution in [0.3, 0.4) is 0 Å². The van der Waals surface area contributed by atoms with Crippen LogP contribution < -0.4 is 5.73 Å². The minimum atomic E-state index is -0.295. The largest absolute Gasteiger partial charge is 0.333 e. The Morgan fingerprint density at radius 1 is 1.14 bits per heavy atom. The van der Waals surface area contributed by atoms with Gasteiger partial charge in [-0.25, -0.2) is 0 Å². The van der Waals surface area contributed by atoms with Crippen LogP contribution in [0.4, 0.5) is 0 Å². The summed E-state index contributed by atoms with van der Waals surface area (Å²) in [6.07, 6.45) is 3.25. The number of thiocarbonyl (C=S) groups is 2. The third kappa shape index (κ3) is 8.22. The molecule has 0 amide bonds. The Morgan fingerprint density at radius 3 is 2.05 bits per heavy atom. The number of hydrogen-bond acceptors (Lipinski definition) is 5. The van der Waals surface area contributed by atoms with Gasteiger partial charge in [0.2, 0.25) is 0 Å². The highest BCUT2D eigenvalue weighted by molar-refractivity contribution is 9.09. The first-order valence-electron chi connectivity index (χ1n) is 5.91. The van der Waals surface area contributed by atoms with Crippen LogP contribution in [-0.4, -0.2) is 22.1 Å². The van der Waals surface area contributed by atoms with E-state index in [1.807, 2.05) is 34.6 Å². The molecule has 0 saturated heterocycles. The van der Waals surface area contributed by atoms with Gasteiger partial charge in [-0.2, -0.15) is 0 Å². The van der Waals surface area contributed by atoms with E-state index in [-0.39, 0.29) is 18.0 Å². The Morgan fingerprint density at radius 2 is 1.59 bits per heavy atom. The highest BCUT2D eigenvalue weighted by Gasteiger charge is 2.18. The molecule has 2 N–H and O–H groups in total. The molecule has 0 aliphatic rings. The van der Waals surface area contributed by atoms with E-state index >= 15 is 0 Å². The first-order chi connectivity index (χ1) is 10.2. The van der Waals surface area contributed by atoms with E-state index in [2.05, 4.69) is 51.1 Å². The van der Waals surface area contributed by atoms with Crippen molar-refractivity contribution in [2.45, 2.75) is 12.3 Å². The second kappa shape index (κ2) is 14.6. The standard InChI is InChI=1S/C13H10BrNO.CH5N.CS2.CH4/c14-12(10-4-2-1-3-5-10)13(16)11-6-8-15-9-7-11;1-2;2-1-3;/h1-9,12H;2H2,1H3;;1H4. The molecular formula is C16H19BrN2OS2. The number of aromatic nitrogens is 1. The maximum Gasteiger partial charge on any atom is 0.181 e. The monoisotopic (exact) mass is 398 g/mol. The van der Waals surface area contributed by atoms with E-state index in [9.17, 15) is 4.79 Å². The number of benzene rings is 1. The molecule has 2 rings (SSSR count). The Kier molecular flexibility index (Phi) is 15.3. The number of hydrogen-bond donors (Lipinski definition) is 1. The number of nitrogens with zero attached hydrogens (tertiary/aromatic N) is 1. The Bertz CT molecular complexity index is 559. The van der Waals surface area contributed by atoms with Crippen LogP contribution in [0.1, 0.15) is 28.2 Å². The lowest BCUT2D eigenvalue weighted by atomic mass is 10.0. The third-order valence-corrected chi connectivity index (χ3v) is 3.23. The van der Waals surface area contributed by atoms with Crippen LogP contribution >= 0.6 is 40.4 Å². The molecule has 1 unspecified atom stereocenters.